The highest BCUT2D eigenvalue weighted by atomic mass is 16.5. The second-order valence-electron chi connectivity index (χ2n) is 6.24. The lowest BCUT2D eigenvalue weighted by Gasteiger charge is -2.22. The van der Waals surface area contributed by atoms with Gasteiger partial charge in [0.15, 0.2) is 0 Å². The average Bonchev–Trinajstić information content (AvgIpc) is 3.16. The minimum Gasteiger partial charge on any atom is -0.495 e. The third-order valence-electron chi connectivity index (χ3n) is 4.33. The molecule has 1 aromatic heterocycles. The van der Waals surface area contributed by atoms with E-state index in [1.54, 1.807) is 7.11 Å². The van der Waals surface area contributed by atoms with Crippen molar-refractivity contribution in [1.82, 2.24) is 10.1 Å². The molecule has 6 heteroatoms. The first kappa shape index (κ1) is 16.5. The molecule has 3 rings (SSSR count). The number of likely N-dealkylation sites (tertiary alicyclic amines) is 1. The summed E-state index contributed by atoms with van der Waals surface area (Å²) in [6.07, 6.45) is 2.05. The number of carbonyl (C=O) groups excluding carboxylic acids is 1. The first-order chi connectivity index (χ1) is 11.6. The summed E-state index contributed by atoms with van der Waals surface area (Å²) in [5, 5.41) is 7.07. The highest BCUT2D eigenvalue weighted by Crippen LogP contribution is 2.31. The van der Waals surface area contributed by atoms with Crippen molar-refractivity contribution in [1.29, 1.82) is 0 Å². The molecule has 0 spiro atoms. The molecular formula is C18H23N3O3. The third-order valence-corrected chi connectivity index (χ3v) is 4.33. The van der Waals surface area contributed by atoms with Crippen molar-refractivity contribution < 1.29 is 14.1 Å². The maximum Gasteiger partial charge on any atom is 0.238 e. The lowest BCUT2D eigenvalue weighted by molar-refractivity contribution is -0.117. The third kappa shape index (κ3) is 3.59. The van der Waals surface area contributed by atoms with Crippen LogP contribution in [0.2, 0.25) is 0 Å². The van der Waals surface area contributed by atoms with Crippen molar-refractivity contribution >= 4 is 11.6 Å². The zero-order valence-corrected chi connectivity index (χ0v) is 14.3. The fraction of sp³-hybridized carbons (Fsp3) is 0.444. The van der Waals surface area contributed by atoms with Crippen LogP contribution in [0.25, 0.3) is 0 Å². The lowest BCUT2D eigenvalue weighted by Crippen LogP contribution is -2.33. The molecule has 0 unspecified atom stereocenters. The molecule has 1 amide bonds. The molecule has 0 bridgehead atoms. The fourth-order valence-electron chi connectivity index (χ4n) is 3.19. The highest BCUT2D eigenvalue weighted by molar-refractivity contribution is 5.93. The number of hydrogen-bond acceptors (Lipinski definition) is 5. The van der Waals surface area contributed by atoms with E-state index < -0.39 is 0 Å². The first-order valence-corrected chi connectivity index (χ1v) is 8.18. The molecule has 1 fully saturated rings. The summed E-state index contributed by atoms with van der Waals surface area (Å²) < 4.78 is 10.5. The molecule has 1 aliphatic heterocycles. The van der Waals surface area contributed by atoms with Gasteiger partial charge in [-0.1, -0.05) is 11.2 Å². The van der Waals surface area contributed by atoms with Crippen molar-refractivity contribution in [3.8, 4) is 5.75 Å². The molecule has 6 nitrogen and oxygen atoms in total. The Morgan fingerprint density at radius 3 is 2.96 bits per heavy atom. The summed E-state index contributed by atoms with van der Waals surface area (Å²) in [4.78, 5) is 14.6. The Balaban J connectivity index is 1.67. The molecular weight excluding hydrogens is 306 g/mol. The summed E-state index contributed by atoms with van der Waals surface area (Å²) in [5.41, 5.74) is 2.68. The van der Waals surface area contributed by atoms with E-state index in [1.165, 1.54) is 0 Å². The highest BCUT2D eigenvalue weighted by Gasteiger charge is 2.29. The van der Waals surface area contributed by atoms with Gasteiger partial charge in [-0.2, -0.15) is 0 Å². The Kier molecular flexibility index (Phi) is 4.85. The van der Waals surface area contributed by atoms with Crippen molar-refractivity contribution in [3.63, 3.8) is 0 Å². The number of anilines is 1. The van der Waals surface area contributed by atoms with Crippen LogP contribution in [0.4, 0.5) is 5.69 Å². The SMILES string of the molecule is COc1ccc(C)cc1NC(=O)CN1CCC[C@H]1c1cc(C)on1. The number of rotatable bonds is 5. The van der Waals surface area contributed by atoms with Crippen LogP contribution in [0.1, 0.15) is 35.9 Å². The van der Waals surface area contributed by atoms with Crippen molar-refractivity contribution in [2.24, 2.45) is 0 Å². The van der Waals surface area contributed by atoms with E-state index >= 15 is 0 Å². The van der Waals surface area contributed by atoms with Gasteiger partial charge in [0, 0.05) is 6.07 Å². The van der Waals surface area contributed by atoms with Crippen LogP contribution in [0.3, 0.4) is 0 Å². The zero-order chi connectivity index (χ0) is 17.1. The number of hydrogen-bond donors (Lipinski definition) is 1. The molecule has 0 aliphatic carbocycles. The Labute approximate surface area is 141 Å². The summed E-state index contributed by atoms with van der Waals surface area (Å²) in [6, 6.07) is 7.83. The molecule has 0 radical (unpaired) electrons. The van der Waals surface area contributed by atoms with E-state index in [-0.39, 0.29) is 11.9 Å². The van der Waals surface area contributed by atoms with Gasteiger partial charge in [0.05, 0.1) is 25.4 Å². The largest absolute Gasteiger partial charge is 0.495 e. The predicted molar refractivity (Wildman–Crippen MR) is 91.1 cm³/mol. The smallest absolute Gasteiger partial charge is 0.238 e. The van der Waals surface area contributed by atoms with Crippen LogP contribution in [-0.2, 0) is 4.79 Å². The summed E-state index contributed by atoms with van der Waals surface area (Å²) >= 11 is 0. The zero-order valence-electron chi connectivity index (χ0n) is 14.3. The summed E-state index contributed by atoms with van der Waals surface area (Å²) in [7, 11) is 1.60. The Bertz CT molecular complexity index is 726. The van der Waals surface area contributed by atoms with Gasteiger partial charge in [0.25, 0.3) is 0 Å². The number of benzene rings is 1. The van der Waals surface area contributed by atoms with Crippen LogP contribution < -0.4 is 10.1 Å². The van der Waals surface area contributed by atoms with Crippen LogP contribution in [0.5, 0.6) is 5.75 Å². The van der Waals surface area contributed by atoms with Gasteiger partial charge in [0.2, 0.25) is 5.91 Å². The normalized spacial score (nSPS) is 17.9. The van der Waals surface area contributed by atoms with Gasteiger partial charge in [-0.3, -0.25) is 9.69 Å². The van der Waals surface area contributed by atoms with Gasteiger partial charge >= 0.3 is 0 Å². The molecule has 1 aliphatic rings. The van der Waals surface area contributed by atoms with Crippen molar-refractivity contribution in [2.75, 3.05) is 25.5 Å². The molecule has 2 heterocycles. The Hall–Kier alpha value is -2.34. The van der Waals surface area contributed by atoms with E-state index in [0.717, 1.165) is 36.4 Å². The monoisotopic (exact) mass is 329 g/mol. The van der Waals surface area contributed by atoms with E-state index in [1.807, 2.05) is 38.1 Å². The molecule has 2 aromatic rings. The van der Waals surface area contributed by atoms with E-state index in [9.17, 15) is 4.79 Å². The predicted octanol–water partition coefficient (Wildman–Crippen LogP) is 3.08. The number of aryl methyl sites for hydroxylation is 2. The van der Waals surface area contributed by atoms with Crippen LogP contribution in [0.15, 0.2) is 28.8 Å². The summed E-state index contributed by atoms with van der Waals surface area (Å²) in [6.45, 7) is 5.08. The van der Waals surface area contributed by atoms with Gasteiger partial charge in [-0.25, -0.2) is 0 Å². The molecule has 1 aromatic carbocycles. The summed E-state index contributed by atoms with van der Waals surface area (Å²) in [5.74, 6) is 1.41. The molecule has 0 saturated carbocycles. The molecule has 1 atom stereocenters. The molecule has 24 heavy (non-hydrogen) atoms. The van der Waals surface area contributed by atoms with Crippen molar-refractivity contribution in [2.45, 2.75) is 32.7 Å². The van der Waals surface area contributed by atoms with E-state index in [4.69, 9.17) is 9.26 Å². The maximum atomic E-state index is 12.5. The number of nitrogens with zero attached hydrogens (tertiary/aromatic N) is 2. The molecule has 128 valence electrons. The van der Waals surface area contributed by atoms with Gasteiger partial charge < -0.3 is 14.6 Å². The van der Waals surface area contributed by atoms with E-state index in [2.05, 4.69) is 15.4 Å². The second-order valence-corrected chi connectivity index (χ2v) is 6.24. The molecule has 1 N–H and O–H groups in total. The van der Waals surface area contributed by atoms with E-state index in [0.29, 0.717) is 18.0 Å². The molecule has 1 saturated heterocycles. The number of nitrogens with one attached hydrogen (secondary N) is 1. The second kappa shape index (κ2) is 7.05. The number of methoxy groups -OCH3 is 1. The number of carbonyl (C=O) groups is 1. The van der Waals surface area contributed by atoms with Crippen LogP contribution in [0, 0.1) is 13.8 Å². The van der Waals surface area contributed by atoms with Gasteiger partial charge in [0.1, 0.15) is 17.2 Å². The quantitative estimate of drug-likeness (QED) is 0.913. The Morgan fingerprint density at radius 2 is 2.25 bits per heavy atom. The van der Waals surface area contributed by atoms with Gasteiger partial charge in [-0.15, -0.1) is 0 Å². The standard InChI is InChI=1S/C18H23N3O3/c1-12-6-7-17(23-3)15(9-12)19-18(22)11-21-8-4-5-16(21)14-10-13(2)24-20-14/h6-7,9-10,16H,4-5,8,11H2,1-3H3,(H,19,22)/t16-/m0/s1. The van der Waals surface area contributed by atoms with Crippen LogP contribution >= 0.6 is 0 Å². The minimum absolute atomic E-state index is 0.0500. The number of aromatic nitrogens is 1. The number of ether oxygens (including phenoxy) is 1. The number of amides is 1. The van der Waals surface area contributed by atoms with Gasteiger partial charge in [-0.05, 0) is 50.9 Å². The lowest BCUT2D eigenvalue weighted by atomic mass is 10.1. The maximum absolute atomic E-state index is 12.5. The average molecular weight is 329 g/mol. The fourth-order valence-corrected chi connectivity index (χ4v) is 3.19. The van der Waals surface area contributed by atoms with Crippen LogP contribution in [-0.4, -0.2) is 36.2 Å². The van der Waals surface area contributed by atoms with Crippen molar-refractivity contribution in [3.05, 3.63) is 41.3 Å². The first-order valence-electron chi connectivity index (χ1n) is 8.18. The Morgan fingerprint density at radius 1 is 1.42 bits per heavy atom. The minimum atomic E-state index is -0.0500. The topological polar surface area (TPSA) is 67.6 Å².